The van der Waals surface area contributed by atoms with Gasteiger partial charge in [-0.05, 0) is 22.8 Å². The van der Waals surface area contributed by atoms with Crippen molar-refractivity contribution in [1.29, 1.82) is 0 Å². The summed E-state index contributed by atoms with van der Waals surface area (Å²) < 4.78 is 2.80. The first-order chi connectivity index (χ1) is 11.6. The van der Waals surface area contributed by atoms with E-state index in [4.69, 9.17) is 24.4 Å². The van der Waals surface area contributed by atoms with Gasteiger partial charge in [-0.2, -0.15) is 0 Å². The van der Waals surface area contributed by atoms with Crippen molar-refractivity contribution in [1.82, 2.24) is 9.88 Å². The second-order valence-electron chi connectivity index (χ2n) is 5.49. The second kappa shape index (κ2) is 7.07. The van der Waals surface area contributed by atoms with Crippen LogP contribution in [-0.2, 0) is 7.05 Å². The van der Waals surface area contributed by atoms with E-state index in [1.165, 1.54) is 0 Å². The van der Waals surface area contributed by atoms with E-state index < -0.39 is 0 Å². The quantitative estimate of drug-likeness (QED) is 0.671. The second-order valence-corrected chi connectivity index (χ2v) is 6.32. The minimum absolute atomic E-state index is 0.707. The molecule has 0 aliphatic heterocycles. The van der Waals surface area contributed by atoms with Crippen molar-refractivity contribution in [2.24, 2.45) is 7.05 Å². The van der Waals surface area contributed by atoms with E-state index in [9.17, 15) is 0 Å². The highest BCUT2D eigenvalue weighted by Gasteiger charge is 2.18. The van der Waals surface area contributed by atoms with Crippen LogP contribution in [0.2, 0.25) is 0 Å². The summed E-state index contributed by atoms with van der Waals surface area (Å²) in [5.74, 6) is 0. The molecule has 0 aliphatic rings. The number of nitrogens with one attached hydrogen (secondary N) is 1. The maximum atomic E-state index is 5.64. The monoisotopic (exact) mass is 350 g/mol. The molecule has 0 unspecified atom stereocenters. The van der Waals surface area contributed by atoms with E-state index in [2.05, 4.69) is 29.6 Å². The Hall–Kier alpha value is -2.30. The van der Waals surface area contributed by atoms with E-state index in [-0.39, 0.29) is 0 Å². The molecule has 0 aliphatic carbocycles. The molecule has 2 aromatic carbocycles. The minimum atomic E-state index is 0.707. The van der Waals surface area contributed by atoms with Gasteiger partial charge in [0.2, 0.25) is 0 Å². The summed E-state index contributed by atoms with van der Waals surface area (Å²) in [4.78, 5) is 0.707. The lowest BCUT2D eigenvalue weighted by Crippen LogP contribution is -2.21. The van der Waals surface area contributed by atoms with Crippen molar-refractivity contribution >= 4 is 29.4 Å². The van der Waals surface area contributed by atoms with E-state index in [0.717, 1.165) is 32.6 Å². The van der Waals surface area contributed by atoms with Crippen molar-refractivity contribution in [3.8, 4) is 22.4 Å². The zero-order valence-electron chi connectivity index (χ0n) is 13.6. The van der Waals surface area contributed by atoms with Crippen LogP contribution in [0, 0.1) is 4.64 Å². The maximum absolute atomic E-state index is 5.64. The number of benzene rings is 2. The lowest BCUT2D eigenvalue weighted by atomic mass is 9.95. The van der Waals surface area contributed by atoms with Gasteiger partial charge in [0.1, 0.15) is 9.63 Å². The average Bonchev–Trinajstić information content (AvgIpc) is 2.64. The topological polar surface area (TPSA) is 17.0 Å². The molecule has 0 saturated carbocycles. The molecule has 0 atom stereocenters. The Kier molecular flexibility index (Phi) is 4.88. The predicted octanol–water partition coefficient (Wildman–Crippen LogP) is 4.98. The van der Waals surface area contributed by atoms with Gasteiger partial charge in [-0.3, -0.25) is 0 Å². The fraction of sp³-hybridized carbons (Fsp3) is 0.100. The maximum Gasteiger partial charge on any atom is 0.109 e. The third kappa shape index (κ3) is 3.03. The van der Waals surface area contributed by atoms with Gasteiger partial charge in [0.15, 0.2) is 0 Å². The predicted molar refractivity (Wildman–Crippen MR) is 108 cm³/mol. The highest BCUT2D eigenvalue weighted by Crippen LogP contribution is 2.33. The molecule has 1 heterocycles. The summed E-state index contributed by atoms with van der Waals surface area (Å²) in [6.07, 6.45) is 0. The molecule has 0 bridgehead atoms. The molecule has 3 rings (SSSR count). The molecule has 24 heavy (non-hydrogen) atoms. The number of nitrogens with zero attached hydrogens (tertiary/aromatic N) is 1. The standard InChI is InChI=1S/C20H18N2S2/c1-21-20(24)18-16(14-9-5-3-6-10-14)13-17(23)22(2)19(18)15-11-7-4-8-12-15/h3-13H,1-2H3,(H,21,24). The smallest absolute Gasteiger partial charge is 0.109 e. The van der Waals surface area contributed by atoms with Gasteiger partial charge in [-0.1, -0.05) is 85.1 Å². The van der Waals surface area contributed by atoms with Crippen LogP contribution in [-0.4, -0.2) is 16.6 Å². The summed E-state index contributed by atoms with van der Waals surface area (Å²) in [5.41, 5.74) is 5.28. The van der Waals surface area contributed by atoms with Crippen LogP contribution < -0.4 is 5.32 Å². The Balaban J connectivity index is 2.42. The SMILES string of the molecule is CNC(=S)c1c(-c2ccccc2)cc(=S)n(C)c1-c1ccccc1. The van der Waals surface area contributed by atoms with E-state index in [1.54, 1.807) is 0 Å². The number of rotatable bonds is 3. The molecular formula is C20H18N2S2. The number of thiocarbonyl (C=S) groups is 1. The number of hydrogen-bond donors (Lipinski definition) is 1. The summed E-state index contributed by atoms with van der Waals surface area (Å²) in [7, 11) is 3.84. The number of pyridine rings is 1. The molecule has 3 aromatic rings. The number of aromatic nitrogens is 1. The molecule has 2 nitrogen and oxygen atoms in total. The van der Waals surface area contributed by atoms with Gasteiger partial charge in [0, 0.05) is 19.7 Å². The molecule has 0 saturated heterocycles. The van der Waals surface area contributed by atoms with E-state index >= 15 is 0 Å². The van der Waals surface area contributed by atoms with Crippen molar-refractivity contribution in [2.75, 3.05) is 7.05 Å². The Morgan fingerprint density at radius 3 is 2.00 bits per heavy atom. The van der Waals surface area contributed by atoms with Crippen LogP contribution in [0.15, 0.2) is 66.7 Å². The summed E-state index contributed by atoms with van der Waals surface area (Å²) in [5, 5.41) is 3.13. The zero-order valence-corrected chi connectivity index (χ0v) is 15.2. The first-order valence-corrected chi connectivity index (χ1v) is 8.52. The third-order valence-electron chi connectivity index (χ3n) is 4.03. The molecule has 4 heteroatoms. The van der Waals surface area contributed by atoms with Crippen LogP contribution in [0.4, 0.5) is 0 Å². The number of hydrogen-bond acceptors (Lipinski definition) is 2. The van der Waals surface area contributed by atoms with Crippen molar-refractivity contribution < 1.29 is 0 Å². The largest absolute Gasteiger partial charge is 0.379 e. The van der Waals surface area contributed by atoms with Gasteiger partial charge in [0.05, 0.1) is 5.69 Å². The van der Waals surface area contributed by atoms with Crippen molar-refractivity contribution in [2.45, 2.75) is 0 Å². The molecule has 1 aromatic heterocycles. The molecule has 1 N–H and O–H groups in total. The molecule has 0 fully saturated rings. The Morgan fingerprint density at radius 1 is 0.917 bits per heavy atom. The normalized spacial score (nSPS) is 10.4. The summed E-state index contributed by atoms with van der Waals surface area (Å²) in [6.45, 7) is 0. The fourth-order valence-electron chi connectivity index (χ4n) is 2.83. The van der Waals surface area contributed by atoms with Crippen LogP contribution in [0.5, 0.6) is 0 Å². The molecular weight excluding hydrogens is 332 g/mol. The Morgan fingerprint density at radius 2 is 1.46 bits per heavy atom. The van der Waals surface area contributed by atoms with Gasteiger partial charge < -0.3 is 9.88 Å². The highest BCUT2D eigenvalue weighted by molar-refractivity contribution is 7.80. The van der Waals surface area contributed by atoms with Crippen LogP contribution in [0.25, 0.3) is 22.4 Å². The van der Waals surface area contributed by atoms with Crippen LogP contribution in [0.1, 0.15) is 5.56 Å². The van der Waals surface area contributed by atoms with Crippen molar-refractivity contribution in [3.05, 3.63) is 76.9 Å². The van der Waals surface area contributed by atoms with Gasteiger partial charge in [0.25, 0.3) is 0 Å². The molecule has 0 spiro atoms. The lowest BCUT2D eigenvalue weighted by molar-refractivity contribution is 0.896. The lowest BCUT2D eigenvalue weighted by Gasteiger charge is -2.20. The van der Waals surface area contributed by atoms with E-state index in [0.29, 0.717) is 4.99 Å². The molecule has 0 amide bonds. The zero-order chi connectivity index (χ0) is 17.1. The van der Waals surface area contributed by atoms with Gasteiger partial charge in [-0.25, -0.2) is 0 Å². The average molecular weight is 351 g/mol. The Bertz CT molecular complexity index is 929. The fourth-order valence-corrected chi connectivity index (χ4v) is 3.25. The third-order valence-corrected chi connectivity index (χ3v) is 4.83. The van der Waals surface area contributed by atoms with Gasteiger partial charge in [-0.15, -0.1) is 0 Å². The first-order valence-electron chi connectivity index (χ1n) is 7.70. The molecule has 0 radical (unpaired) electrons. The van der Waals surface area contributed by atoms with Gasteiger partial charge >= 0.3 is 0 Å². The first kappa shape index (κ1) is 16.6. The van der Waals surface area contributed by atoms with E-state index in [1.807, 2.05) is 61.1 Å². The highest BCUT2D eigenvalue weighted by atomic mass is 32.1. The van der Waals surface area contributed by atoms with Crippen LogP contribution in [0.3, 0.4) is 0 Å². The molecule has 120 valence electrons. The van der Waals surface area contributed by atoms with Crippen LogP contribution >= 0.6 is 24.4 Å². The van der Waals surface area contributed by atoms with Crippen molar-refractivity contribution in [3.63, 3.8) is 0 Å². The Labute approximate surface area is 152 Å². The minimum Gasteiger partial charge on any atom is -0.379 e. The summed E-state index contributed by atoms with van der Waals surface area (Å²) in [6, 6.07) is 22.5. The summed E-state index contributed by atoms with van der Waals surface area (Å²) >= 11 is 11.3.